The van der Waals surface area contributed by atoms with Gasteiger partial charge in [0.15, 0.2) is 0 Å². The normalized spacial score (nSPS) is 18.8. The SMILES string of the molecule is CC.CCC.CCC.NC(=O)C(=O)C(CC1CC1)NC(=O)C1CCCN1C(=O)CNC(=O)C1CC1. The van der Waals surface area contributed by atoms with Gasteiger partial charge in [-0.2, -0.15) is 0 Å². The molecule has 202 valence electrons. The van der Waals surface area contributed by atoms with Gasteiger partial charge in [0.05, 0.1) is 12.6 Å². The first-order chi connectivity index (χ1) is 16.7. The summed E-state index contributed by atoms with van der Waals surface area (Å²) in [5.41, 5.74) is 5.09. The molecule has 9 heteroatoms. The summed E-state index contributed by atoms with van der Waals surface area (Å²) in [7, 11) is 0. The molecule has 35 heavy (non-hydrogen) atoms. The molecule has 1 saturated heterocycles. The lowest BCUT2D eigenvalue weighted by molar-refractivity contribution is -0.141. The molecule has 3 rings (SSSR count). The predicted molar refractivity (Wildman–Crippen MR) is 137 cm³/mol. The summed E-state index contributed by atoms with van der Waals surface area (Å²) in [4.78, 5) is 61.4. The standard InChI is InChI=1S/C18H26N4O5.2C3H8.C2H6/c19-16(25)15(24)12(8-10-3-4-10)21-18(27)13-2-1-7-22(13)14(23)9-20-17(26)11-5-6-11;2*1-3-2;1-2/h10-13H,1-9H2,(H2,19,25)(H,20,26)(H,21,27);2*3H2,1-2H3;1-2H3. The number of carbonyl (C=O) groups excluding carboxylic acids is 5. The van der Waals surface area contributed by atoms with Crippen LogP contribution in [0.2, 0.25) is 0 Å². The Bertz CT molecular complexity index is 687. The summed E-state index contributed by atoms with van der Waals surface area (Å²) in [6.45, 7) is 12.8. The van der Waals surface area contributed by atoms with E-state index in [-0.39, 0.29) is 24.3 Å². The van der Waals surface area contributed by atoms with E-state index < -0.39 is 29.7 Å². The molecule has 2 unspecified atom stereocenters. The summed E-state index contributed by atoms with van der Waals surface area (Å²) >= 11 is 0. The fourth-order valence-electron chi connectivity index (χ4n) is 3.45. The summed E-state index contributed by atoms with van der Waals surface area (Å²) < 4.78 is 0. The minimum absolute atomic E-state index is 0.0125. The third-order valence-electron chi connectivity index (χ3n) is 5.38. The highest BCUT2D eigenvalue weighted by Crippen LogP contribution is 2.34. The summed E-state index contributed by atoms with van der Waals surface area (Å²) in [5, 5.41) is 5.23. The monoisotopic (exact) mass is 496 g/mol. The largest absolute Gasteiger partial charge is 0.363 e. The molecule has 0 aromatic carbocycles. The molecule has 3 aliphatic rings. The van der Waals surface area contributed by atoms with E-state index in [0.717, 1.165) is 25.7 Å². The molecule has 2 saturated carbocycles. The molecule has 0 aromatic rings. The number of likely N-dealkylation sites (tertiary alicyclic amines) is 1. The van der Waals surface area contributed by atoms with Crippen molar-refractivity contribution >= 4 is 29.4 Å². The molecule has 1 aliphatic heterocycles. The highest BCUT2D eigenvalue weighted by Gasteiger charge is 2.38. The van der Waals surface area contributed by atoms with Crippen molar-refractivity contribution in [3.05, 3.63) is 0 Å². The van der Waals surface area contributed by atoms with Crippen molar-refractivity contribution in [3.8, 4) is 0 Å². The maximum Gasteiger partial charge on any atom is 0.287 e. The zero-order valence-electron chi connectivity index (χ0n) is 22.7. The van der Waals surface area contributed by atoms with Crippen LogP contribution in [0, 0.1) is 11.8 Å². The molecule has 0 aromatic heterocycles. The smallest absolute Gasteiger partial charge is 0.287 e. The van der Waals surface area contributed by atoms with Gasteiger partial charge in [-0.05, 0) is 38.0 Å². The number of Topliss-reactive ketones (excluding diaryl/α,β-unsaturated/α-hetero) is 1. The second-order valence-electron chi connectivity index (χ2n) is 9.12. The van der Waals surface area contributed by atoms with Crippen molar-refractivity contribution < 1.29 is 24.0 Å². The zero-order valence-corrected chi connectivity index (χ0v) is 22.7. The summed E-state index contributed by atoms with van der Waals surface area (Å²) in [5.74, 6) is -2.43. The molecule has 4 N–H and O–H groups in total. The number of hydrogen-bond donors (Lipinski definition) is 3. The molecule has 0 radical (unpaired) electrons. The number of amides is 4. The zero-order chi connectivity index (χ0) is 27.0. The van der Waals surface area contributed by atoms with Crippen LogP contribution in [-0.4, -0.2) is 59.5 Å². The third kappa shape index (κ3) is 12.7. The van der Waals surface area contributed by atoms with Gasteiger partial charge in [0.25, 0.3) is 5.91 Å². The van der Waals surface area contributed by atoms with Crippen LogP contribution in [0.15, 0.2) is 0 Å². The second-order valence-corrected chi connectivity index (χ2v) is 9.12. The van der Waals surface area contributed by atoms with Crippen molar-refractivity contribution in [2.75, 3.05) is 13.1 Å². The van der Waals surface area contributed by atoms with Crippen molar-refractivity contribution in [1.82, 2.24) is 15.5 Å². The van der Waals surface area contributed by atoms with Crippen molar-refractivity contribution in [1.29, 1.82) is 0 Å². The Morgan fingerprint density at radius 3 is 1.89 bits per heavy atom. The number of rotatable bonds is 9. The van der Waals surface area contributed by atoms with Gasteiger partial charge in [0, 0.05) is 12.5 Å². The first-order valence-electron chi connectivity index (χ1n) is 13.4. The molecule has 2 aliphatic carbocycles. The van der Waals surface area contributed by atoms with E-state index in [0.29, 0.717) is 31.7 Å². The fraction of sp³-hybridized carbons (Fsp3) is 0.808. The Morgan fingerprint density at radius 1 is 0.886 bits per heavy atom. The minimum atomic E-state index is -1.07. The molecular weight excluding hydrogens is 448 g/mol. The Morgan fingerprint density at radius 2 is 1.43 bits per heavy atom. The van der Waals surface area contributed by atoms with Gasteiger partial charge in [-0.3, -0.25) is 24.0 Å². The topological polar surface area (TPSA) is 139 Å². The maximum atomic E-state index is 12.7. The van der Waals surface area contributed by atoms with Gasteiger partial charge in [-0.25, -0.2) is 0 Å². The second kappa shape index (κ2) is 17.9. The van der Waals surface area contributed by atoms with E-state index in [1.807, 2.05) is 13.8 Å². The quantitative estimate of drug-likeness (QED) is 0.421. The number of primary amides is 1. The summed E-state index contributed by atoms with van der Waals surface area (Å²) in [6.07, 6.45) is 7.68. The number of nitrogens with zero attached hydrogens (tertiary/aromatic N) is 1. The number of hydrogen-bond acceptors (Lipinski definition) is 5. The van der Waals surface area contributed by atoms with Gasteiger partial charge >= 0.3 is 0 Å². The number of ketones is 1. The van der Waals surface area contributed by atoms with Crippen molar-refractivity contribution in [2.24, 2.45) is 17.6 Å². The predicted octanol–water partition coefficient (Wildman–Crippen LogP) is 2.70. The Hall–Kier alpha value is -2.45. The van der Waals surface area contributed by atoms with E-state index in [9.17, 15) is 24.0 Å². The first kappa shape index (κ1) is 32.5. The molecule has 0 spiro atoms. The first-order valence-corrected chi connectivity index (χ1v) is 13.4. The molecule has 0 bridgehead atoms. The average molecular weight is 497 g/mol. The highest BCUT2D eigenvalue weighted by atomic mass is 16.2. The van der Waals surface area contributed by atoms with Gasteiger partial charge in [-0.15, -0.1) is 0 Å². The molecule has 9 nitrogen and oxygen atoms in total. The van der Waals surface area contributed by atoms with Gasteiger partial charge in [0.1, 0.15) is 6.04 Å². The number of carbonyl (C=O) groups is 5. The van der Waals surface area contributed by atoms with Crippen LogP contribution >= 0.6 is 0 Å². The minimum Gasteiger partial charge on any atom is -0.363 e. The molecule has 2 atom stereocenters. The van der Waals surface area contributed by atoms with E-state index >= 15 is 0 Å². The van der Waals surface area contributed by atoms with Crippen LogP contribution in [0.1, 0.15) is 99.3 Å². The Labute approximate surface area is 211 Å². The van der Waals surface area contributed by atoms with Crippen LogP contribution in [0.4, 0.5) is 0 Å². The van der Waals surface area contributed by atoms with Gasteiger partial charge in [-0.1, -0.05) is 67.2 Å². The Kier molecular flexibility index (Phi) is 16.7. The van der Waals surface area contributed by atoms with Gasteiger partial charge < -0.3 is 21.3 Å². The molecule has 3 fully saturated rings. The van der Waals surface area contributed by atoms with E-state index in [2.05, 4.69) is 38.3 Å². The van der Waals surface area contributed by atoms with Gasteiger partial charge in [0.2, 0.25) is 23.5 Å². The molecule has 1 heterocycles. The van der Waals surface area contributed by atoms with Crippen LogP contribution in [0.3, 0.4) is 0 Å². The Balaban J connectivity index is 0.00000129. The lowest BCUT2D eigenvalue weighted by atomic mass is 10.0. The van der Waals surface area contributed by atoms with Crippen molar-refractivity contribution in [3.63, 3.8) is 0 Å². The van der Waals surface area contributed by atoms with Crippen molar-refractivity contribution in [2.45, 2.75) is 111 Å². The molecule has 4 amide bonds. The lowest BCUT2D eigenvalue weighted by Crippen LogP contribution is -2.54. The van der Waals surface area contributed by atoms with E-state index in [4.69, 9.17) is 5.73 Å². The summed E-state index contributed by atoms with van der Waals surface area (Å²) in [6, 6.07) is -1.63. The van der Waals surface area contributed by atoms with Crippen LogP contribution in [-0.2, 0) is 24.0 Å². The van der Waals surface area contributed by atoms with E-state index in [1.54, 1.807) is 0 Å². The number of nitrogens with two attached hydrogens (primary N) is 1. The lowest BCUT2D eigenvalue weighted by Gasteiger charge is -2.26. The van der Waals surface area contributed by atoms with Crippen LogP contribution < -0.4 is 16.4 Å². The van der Waals surface area contributed by atoms with Crippen LogP contribution in [0.5, 0.6) is 0 Å². The van der Waals surface area contributed by atoms with E-state index in [1.165, 1.54) is 17.7 Å². The maximum absolute atomic E-state index is 12.7. The third-order valence-corrected chi connectivity index (χ3v) is 5.38. The molecular formula is C26H48N4O5. The fourth-order valence-corrected chi connectivity index (χ4v) is 3.45. The highest BCUT2D eigenvalue weighted by molar-refractivity contribution is 6.37. The van der Waals surface area contributed by atoms with Crippen LogP contribution in [0.25, 0.3) is 0 Å². The number of nitrogens with one attached hydrogen (secondary N) is 2. The average Bonchev–Trinajstić information content (AvgIpc) is 3.77.